The molecule has 18 heavy (non-hydrogen) atoms. The lowest BCUT2D eigenvalue weighted by atomic mass is 10.1. The highest BCUT2D eigenvalue weighted by Gasteiger charge is 2.23. The Labute approximate surface area is 112 Å². The van der Waals surface area contributed by atoms with Crippen LogP contribution in [0.1, 0.15) is 11.7 Å². The van der Waals surface area contributed by atoms with Gasteiger partial charge in [-0.1, -0.05) is 11.6 Å². The molecule has 0 heterocycles. The van der Waals surface area contributed by atoms with Gasteiger partial charge in [0.2, 0.25) is 0 Å². The molecule has 1 unspecified atom stereocenters. The van der Waals surface area contributed by atoms with E-state index < -0.39 is 6.10 Å². The van der Waals surface area contributed by atoms with Crippen molar-refractivity contribution in [2.24, 2.45) is 0 Å². The quantitative estimate of drug-likeness (QED) is 0.826. The monoisotopic (exact) mass is 275 g/mol. The number of ether oxygens (including phenoxy) is 3. The first kappa shape index (κ1) is 14.9. The number of methoxy groups -OCH3 is 3. The van der Waals surface area contributed by atoms with E-state index in [-0.39, 0.29) is 5.02 Å². The second kappa shape index (κ2) is 6.68. The fraction of sp³-hybridized carbons (Fsp3) is 0.500. The lowest BCUT2D eigenvalue weighted by Crippen LogP contribution is -2.18. The van der Waals surface area contributed by atoms with E-state index in [0.29, 0.717) is 29.4 Å². The smallest absolute Gasteiger partial charge is 0.180 e. The largest absolute Gasteiger partial charge is 0.496 e. The van der Waals surface area contributed by atoms with Gasteiger partial charge in [-0.3, -0.25) is 0 Å². The Balaban J connectivity index is 3.38. The number of hydrogen-bond donors (Lipinski definition) is 2. The molecule has 2 N–H and O–H groups in total. The molecule has 1 rings (SSSR count). The highest BCUT2D eigenvalue weighted by atomic mass is 35.5. The van der Waals surface area contributed by atoms with Crippen molar-refractivity contribution in [2.75, 3.05) is 34.9 Å². The molecule has 5 nitrogen and oxygen atoms in total. The van der Waals surface area contributed by atoms with Gasteiger partial charge < -0.3 is 24.6 Å². The highest BCUT2D eigenvalue weighted by Crippen LogP contribution is 2.45. The molecule has 0 aliphatic rings. The van der Waals surface area contributed by atoms with Crippen LogP contribution >= 0.6 is 11.6 Å². The zero-order valence-corrected chi connectivity index (χ0v) is 11.7. The molecule has 0 aliphatic carbocycles. The summed E-state index contributed by atoms with van der Waals surface area (Å²) in [4.78, 5) is 0. The topological polar surface area (TPSA) is 60.0 Å². The molecule has 0 amide bonds. The third kappa shape index (κ3) is 2.80. The maximum Gasteiger partial charge on any atom is 0.180 e. The molecule has 0 aromatic heterocycles. The second-order valence-corrected chi connectivity index (χ2v) is 3.99. The standard InChI is InChI=1S/C12H18ClNO4/c1-14-6-7(15)10-8(16-2)5-9(17-3)12(18-4)11(10)13/h5,7,14-15H,6H2,1-4H3. The van der Waals surface area contributed by atoms with Gasteiger partial charge in [-0.05, 0) is 7.05 Å². The normalized spacial score (nSPS) is 12.1. The Morgan fingerprint density at radius 1 is 1.22 bits per heavy atom. The number of aliphatic hydroxyl groups excluding tert-OH is 1. The van der Waals surface area contributed by atoms with E-state index in [1.807, 2.05) is 0 Å². The Kier molecular flexibility index (Phi) is 5.53. The predicted molar refractivity (Wildman–Crippen MR) is 70.0 cm³/mol. The molecular weight excluding hydrogens is 258 g/mol. The summed E-state index contributed by atoms with van der Waals surface area (Å²) >= 11 is 6.23. The Morgan fingerprint density at radius 2 is 1.83 bits per heavy atom. The number of rotatable bonds is 6. The summed E-state index contributed by atoms with van der Waals surface area (Å²) < 4.78 is 15.6. The number of nitrogens with one attached hydrogen (secondary N) is 1. The number of likely N-dealkylation sites (N-methyl/N-ethyl adjacent to an activating group) is 1. The minimum Gasteiger partial charge on any atom is -0.496 e. The summed E-state index contributed by atoms with van der Waals surface area (Å²) in [6.07, 6.45) is -0.794. The number of benzene rings is 1. The van der Waals surface area contributed by atoms with Crippen LogP contribution in [0.15, 0.2) is 6.07 Å². The molecular formula is C12H18ClNO4. The zero-order chi connectivity index (χ0) is 13.7. The first-order valence-corrected chi connectivity index (χ1v) is 5.79. The maximum absolute atomic E-state index is 10.1. The van der Waals surface area contributed by atoms with Gasteiger partial charge in [0.15, 0.2) is 11.5 Å². The van der Waals surface area contributed by atoms with Gasteiger partial charge in [0.1, 0.15) is 5.75 Å². The molecule has 6 heteroatoms. The van der Waals surface area contributed by atoms with Gasteiger partial charge in [0.25, 0.3) is 0 Å². The molecule has 1 aromatic rings. The lowest BCUT2D eigenvalue weighted by Gasteiger charge is -2.20. The first-order valence-electron chi connectivity index (χ1n) is 5.41. The van der Waals surface area contributed by atoms with E-state index >= 15 is 0 Å². The average molecular weight is 276 g/mol. The summed E-state index contributed by atoms with van der Waals surface area (Å²) in [5.74, 6) is 1.30. The van der Waals surface area contributed by atoms with Gasteiger partial charge in [0.05, 0.1) is 32.5 Å². The number of halogens is 1. The summed E-state index contributed by atoms with van der Waals surface area (Å²) in [7, 11) is 6.25. The van der Waals surface area contributed by atoms with Crippen LogP contribution in [0.25, 0.3) is 0 Å². The van der Waals surface area contributed by atoms with Crippen LogP contribution in [0.2, 0.25) is 5.02 Å². The average Bonchev–Trinajstić information content (AvgIpc) is 2.37. The molecule has 0 saturated heterocycles. The summed E-state index contributed by atoms with van der Waals surface area (Å²) in [5, 5.41) is 13.2. The summed E-state index contributed by atoms with van der Waals surface area (Å²) in [6, 6.07) is 1.64. The van der Waals surface area contributed by atoms with E-state index in [1.165, 1.54) is 21.3 Å². The van der Waals surface area contributed by atoms with Gasteiger partial charge >= 0.3 is 0 Å². The van der Waals surface area contributed by atoms with Crippen molar-refractivity contribution in [1.29, 1.82) is 0 Å². The number of hydrogen-bond acceptors (Lipinski definition) is 5. The Bertz CT molecular complexity index is 412. The van der Waals surface area contributed by atoms with Crippen molar-refractivity contribution in [3.63, 3.8) is 0 Å². The second-order valence-electron chi connectivity index (χ2n) is 3.62. The predicted octanol–water partition coefficient (Wildman–Crippen LogP) is 1.62. The SMILES string of the molecule is CNCC(O)c1c(OC)cc(OC)c(OC)c1Cl. The van der Waals surface area contributed by atoms with Gasteiger partial charge in [-0.2, -0.15) is 0 Å². The third-order valence-corrected chi connectivity index (χ3v) is 2.94. The lowest BCUT2D eigenvalue weighted by molar-refractivity contribution is 0.173. The van der Waals surface area contributed by atoms with Crippen LogP contribution in [0.3, 0.4) is 0 Å². The fourth-order valence-electron chi connectivity index (χ4n) is 1.72. The summed E-state index contributed by atoms with van der Waals surface area (Å²) in [5.41, 5.74) is 0.478. The zero-order valence-electron chi connectivity index (χ0n) is 10.9. The van der Waals surface area contributed by atoms with E-state index in [0.717, 1.165) is 0 Å². The molecule has 102 valence electrons. The van der Waals surface area contributed by atoms with E-state index in [2.05, 4.69) is 5.32 Å². The van der Waals surface area contributed by atoms with E-state index in [1.54, 1.807) is 13.1 Å². The van der Waals surface area contributed by atoms with Gasteiger partial charge in [0, 0.05) is 18.2 Å². The molecule has 0 bridgehead atoms. The van der Waals surface area contributed by atoms with Crippen molar-refractivity contribution in [3.8, 4) is 17.2 Å². The van der Waals surface area contributed by atoms with E-state index in [4.69, 9.17) is 25.8 Å². The van der Waals surface area contributed by atoms with Crippen LogP contribution in [0.5, 0.6) is 17.2 Å². The minimum absolute atomic E-state index is 0.288. The van der Waals surface area contributed by atoms with Crippen molar-refractivity contribution < 1.29 is 19.3 Å². The molecule has 0 radical (unpaired) electrons. The Morgan fingerprint density at radius 3 is 2.28 bits per heavy atom. The molecule has 1 aromatic carbocycles. The summed E-state index contributed by atoms with van der Waals surface area (Å²) in [6.45, 7) is 0.353. The third-order valence-electron chi connectivity index (χ3n) is 2.56. The number of aliphatic hydroxyl groups is 1. The van der Waals surface area contributed by atoms with E-state index in [9.17, 15) is 5.11 Å². The highest BCUT2D eigenvalue weighted by molar-refractivity contribution is 6.33. The minimum atomic E-state index is -0.794. The molecule has 1 atom stereocenters. The van der Waals surface area contributed by atoms with Crippen molar-refractivity contribution in [1.82, 2.24) is 5.32 Å². The molecule has 0 aliphatic heterocycles. The fourth-order valence-corrected chi connectivity index (χ4v) is 2.11. The van der Waals surface area contributed by atoms with Crippen molar-refractivity contribution in [2.45, 2.75) is 6.10 Å². The maximum atomic E-state index is 10.1. The first-order chi connectivity index (χ1) is 8.60. The van der Waals surface area contributed by atoms with Gasteiger partial charge in [-0.15, -0.1) is 0 Å². The molecule has 0 spiro atoms. The van der Waals surface area contributed by atoms with Crippen LogP contribution in [-0.2, 0) is 0 Å². The van der Waals surface area contributed by atoms with Crippen molar-refractivity contribution in [3.05, 3.63) is 16.7 Å². The Hall–Kier alpha value is -1.17. The molecule has 0 saturated carbocycles. The van der Waals surface area contributed by atoms with Crippen LogP contribution in [0.4, 0.5) is 0 Å². The van der Waals surface area contributed by atoms with Crippen LogP contribution in [-0.4, -0.2) is 40.0 Å². The molecule has 0 fully saturated rings. The van der Waals surface area contributed by atoms with Gasteiger partial charge in [-0.25, -0.2) is 0 Å². The van der Waals surface area contributed by atoms with Crippen molar-refractivity contribution >= 4 is 11.6 Å². The van der Waals surface area contributed by atoms with Crippen LogP contribution in [0, 0.1) is 0 Å². The van der Waals surface area contributed by atoms with Crippen LogP contribution < -0.4 is 19.5 Å².